The van der Waals surface area contributed by atoms with E-state index < -0.39 is 0 Å². The third-order valence-corrected chi connectivity index (χ3v) is 2.75. The topological polar surface area (TPSA) is 48.1 Å². The highest BCUT2D eigenvalue weighted by molar-refractivity contribution is 5.88. The second-order valence-corrected chi connectivity index (χ2v) is 4.23. The Morgan fingerprint density at radius 3 is 2.82 bits per heavy atom. The van der Waals surface area contributed by atoms with Crippen LogP contribution < -0.4 is 10.5 Å². The van der Waals surface area contributed by atoms with E-state index in [1.165, 1.54) is 0 Å². The number of pyridine rings is 1. The zero-order valence-corrected chi connectivity index (χ0v) is 10.5. The summed E-state index contributed by atoms with van der Waals surface area (Å²) in [5.41, 5.74) is 9.00. The summed E-state index contributed by atoms with van der Waals surface area (Å²) in [4.78, 5) is 4.56. The quantitative estimate of drug-likeness (QED) is 0.881. The average molecular weight is 230 g/mol. The van der Waals surface area contributed by atoms with Crippen LogP contribution in [0.3, 0.4) is 0 Å². The molecule has 1 aromatic carbocycles. The predicted octanol–water partition coefficient (Wildman–Crippen LogP) is 2.96. The molecule has 3 heteroatoms. The second kappa shape index (κ2) is 4.72. The van der Waals surface area contributed by atoms with Gasteiger partial charge in [0.1, 0.15) is 11.3 Å². The lowest BCUT2D eigenvalue weighted by molar-refractivity contribution is 0.343. The zero-order valence-electron chi connectivity index (χ0n) is 10.5. The van der Waals surface area contributed by atoms with Gasteiger partial charge in [-0.05, 0) is 38.5 Å². The van der Waals surface area contributed by atoms with E-state index in [1.54, 1.807) is 0 Å². The molecule has 1 heterocycles. The van der Waals surface area contributed by atoms with Crippen LogP contribution in [0.2, 0.25) is 0 Å². The lowest BCUT2D eigenvalue weighted by Gasteiger charge is -2.13. The molecule has 2 rings (SSSR count). The Morgan fingerprint density at radius 1 is 1.41 bits per heavy atom. The number of hydrogen-bond donors (Lipinski definition) is 1. The third-order valence-electron chi connectivity index (χ3n) is 2.75. The van der Waals surface area contributed by atoms with Gasteiger partial charge >= 0.3 is 0 Å². The van der Waals surface area contributed by atoms with Crippen molar-refractivity contribution in [1.82, 2.24) is 4.98 Å². The van der Waals surface area contributed by atoms with E-state index in [4.69, 9.17) is 10.5 Å². The summed E-state index contributed by atoms with van der Waals surface area (Å²) in [7, 11) is 0. The van der Waals surface area contributed by atoms with Gasteiger partial charge in [0.05, 0.1) is 6.61 Å². The van der Waals surface area contributed by atoms with Crippen molar-refractivity contribution in [2.75, 3.05) is 6.61 Å². The molecule has 2 aromatic rings. The number of nitrogens with two attached hydrogens (primary N) is 1. The van der Waals surface area contributed by atoms with Gasteiger partial charge < -0.3 is 10.5 Å². The first-order chi connectivity index (χ1) is 8.13. The molecule has 0 amide bonds. The van der Waals surface area contributed by atoms with Crippen molar-refractivity contribution in [3.05, 3.63) is 35.5 Å². The summed E-state index contributed by atoms with van der Waals surface area (Å²) >= 11 is 0. The molecule has 0 radical (unpaired) electrons. The van der Waals surface area contributed by atoms with Gasteiger partial charge in [0.15, 0.2) is 0 Å². The smallest absolute Gasteiger partial charge is 0.145 e. The molecule has 1 aromatic heterocycles. The molecule has 0 aliphatic carbocycles. The molecule has 0 saturated carbocycles. The maximum absolute atomic E-state index is 6.00. The summed E-state index contributed by atoms with van der Waals surface area (Å²) < 4.78 is 5.61. The molecule has 0 aliphatic rings. The van der Waals surface area contributed by atoms with E-state index in [-0.39, 0.29) is 6.04 Å². The van der Waals surface area contributed by atoms with Gasteiger partial charge in [-0.1, -0.05) is 12.1 Å². The van der Waals surface area contributed by atoms with Crippen molar-refractivity contribution in [2.45, 2.75) is 26.8 Å². The van der Waals surface area contributed by atoms with E-state index in [2.05, 4.69) is 4.98 Å². The zero-order chi connectivity index (χ0) is 12.4. The number of rotatable bonds is 3. The molecular formula is C14H18N2O. The van der Waals surface area contributed by atoms with Gasteiger partial charge in [0.25, 0.3) is 0 Å². The number of aryl methyl sites for hydroxylation is 1. The SMILES string of the molecule is CCOc1cccc2c(C(C)N)cc(C)nc12. The first kappa shape index (κ1) is 11.9. The second-order valence-electron chi connectivity index (χ2n) is 4.23. The van der Waals surface area contributed by atoms with Crippen LogP contribution in [0, 0.1) is 6.92 Å². The molecule has 17 heavy (non-hydrogen) atoms. The first-order valence-corrected chi connectivity index (χ1v) is 5.92. The van der Waals surface area contributed by atoms with Crippen molar-refractivity contribution in [2.24, 2.45) is 5.73 Å². The van der Waals surface area contributed by atoms with E-state index in [0.717, 1.165) is 27.9 Å². The minimum absolute atomic E-state index is 0.00363. The molecule has 0 fully saturated rings. The number of nitrogens with zero attached hydrogens (tertiary/aromatic N) is 1. The molecule has 0 bridgehead atoms. The van der Waals surface area contributed by atoms with E-state index in [9.17, 15) is 0 Å². The number of aromatic nitrogens is 1. The average Bonchev–Trinajstić information content (AvgIpc) is 2.29. The monoisotopic (exact) mass is 230 g/mol. The van der Waals surface area contributed by atoms with Crippen molar-refractivity contribution in [3.8, 4) is 5.75 Å². The van der Waals surface area contributed by atoms with E-state index in [1.807, 2.05) is 45.0 Å². The van der Waals surface area contributed by atoms with Gasteiger partial charge in [-0.25, -0.2) is 4.98 Å². The number of para-hydroxylation sites is 1. The van der Waals surface area contributed by atoms with Crippen LogP contribution in [0.25, 0.3) is 10.9 Å². The Hall–Kier alpha value is -1.61. The molecule has 0 saturated heterocycles. The van der Waals surface area contributed by atoms with Crippen LogP contribution in [0.4, 0.5) is 0 Å². The number of fused-ring (bicyclic) bond motifs is 1. The summed E-state index contributed by atoms with van der Waals surface area (Å²) in [6, 6.07) is 8.02. The van der Waals surface area contributed by atoms with E-state index >= 15 is 0 Å². The molecule has 1 atom stereocenters. The highest BCUT2D eigenvalue weighted by Gasteiger charge is 2.11. The Balaban J connectivity index is 2.73. The molecule has 2 N–H and O–H groups in total. The van der Waals surface area contributed by atoms with Crippen molar-refractivity contribution in [1.29, 1.82) is 0 Å². The van der Waals surface area contributed by atoms with Crippen molar-refractivity contribution < 1.29 is 4.74 Å². The van der Waals surface area contributed by atoms with E-state index in [0.29, 0.717) is 6.61 Å². The number of ether oxygens (including phenoxy) is 1. The molecule has 0 spiro atoms. The fraction of sp³-hybridized carbons (Fsp3) is 0.357. The predicted molar refractivity (Wildman–Crippen MR) is 70.3 cm³/mol. The fourth-order valence-electron chi connectivity index (χ4n) is 2.03. The summed E-state index contributed by atoms with van der Waals surface area (Å²) in [6.45, 7) is 6.58. The Kier molecular flexibility index (Phi) is 3.29. The van der Waals surface area contributed by atoms with Crippen molar-refractivity contribution >= 4 is 10.9 Å². The van der Waals surface area contributed by atoms with Crippen LogP contribution in [0.15, 0.2) is 24.3 Å². The van der Waals surface area contributed by atoms with Gasteiger partial charge in [0, 0.05) is 17.1 Å². The Morgan fingerprint density at radius 2 is 2.18 bits per heavy atom. The Labute approximate surface area is 102 Å². The number of benzene rings is 1. The lowest BCUT2D eigenvalue weighted by atomic mass is 10.0. The van der Waals surface area contributed by atoms with Gasteiger partial charge in [-0.15, -0.1) is 0 Å². The van der Waals surface area contributed by atoms with Crippen LogP contribution in [0.1, 0.15) is 31.1 Å². The maximum Gasteiger partial charge on any atom is 0.145 e. The summed E-state index contributed by atoms with van der Waals surface area (Å²) in [5.74, 6) is 0.829. The van der Waals surface area contributed by atoms with Gasteiger partial charge in [-0.2, -0.15) is 0 Å². The Bertz CT molecular complexity index is 535. The van der Waals surface area contributed by atoms with Crippen LogP contribution in [-0.4, -0.2) is 11.6 Å². The minimum Gasteiger partial charge on any atom is -0.492 e. The molecule has 3 nitrogen and oxygen atoms in total. The largest absolute Gasteiger partial charge is 0.492 e. The normalized spacial score (nSPS) is 12.7. The minimum atomic E-state index is -0.00363. The standard InChI is InChI=1S/C14H18N2O/c1-4-17-13-7-5-6-11-12(10(3)15)8-9(2)16-14(11)13/h5-8,10H,4,15H2,1-3H3. The van der Waals surface area contributed by atoms with Crippen LogP contribution in [-0.2, 0) is 0 Å². The first-order valence-electron chi connectivity index (χ1n) is 5.92. The lowest BCUT2D eigenvalue weighted by Crippen LogP contribution is -2.07. The molecule has 90 valence electrons. The van der Waals surface area contributed by atoms with Crippen LogP contribution in [0.5, 0.6) is 5.75 Å². The fourth-order valence-corrected chi connectivity index (χ4v) is 2.03. The highest BCUT2D eigenvalue weighted by atomic mass is 16.5. The van der Waals surface area contributed by atoms with Gasteiger partial charge in [-0.3, -0.25) is 0 Å². The molecular weight excluding hydrogens is 212 g/mol. The molecule has 1 unspecified atom stereocenters. The molecule has 0 aliphatic heterocycles. The maximum atomic E-state index is 6.00. The summed E-state index contributed by atoms with van der Waals surface area (Å²) in [6.07, 6.45) is 0. The highest BCUT2D eigenvalue weighted by Crippen LogP contribution is 2.29. The van der Waals surface area contributed by atoms with Crippen LogP contribution >= 0.6 is 0 Å². The third kappa shape index (κ3) is 2.24. The summed E-state index contributed by atoms with van der Waals surface area (Å²) in [5, 5.41) is 1.08. The number of hydrogen-bond acceptors (Lipinski definition) is 3. The van der Waals surface area contributed by atoms with Crippen molar-refractivity contribution in [3.63, 3.8) is 0 Å². The van der Waals surface area contributed by atoms with Gasteiger partial charge in [0.2, 0.25) is 0 Å².